The van der Waals surface area contributed by atoms with Crippen LogP contribution in [0.4, 0.5) is 0 Å². The first-order valence-electron chi connectivity index (χ1n) is 0.866. The van der Waals surface area contributed by atoms with E-state index in [9.17, 15) is 0 Å². The average molecular weight is 160 g/mol. The first-order valence-corrected chi connectivity index (χ1v) is 0.866. The van der Waals surface area contributed by atoms with Crippen LogP contribution in [-0.2, 0) is 31.5 Å². The van der Waals surface area contributed by atoms with Gasteiger partial charge >= 0.3 is 0 Å². The number of hydrogen-bond donors (Lipinski definition) is 0. The van der Waals surface area contributed by atoms with Gasteiger partial charge in [-0.25, -0.2) is 0 Å². The van der Waals surface area contributed by atoms with Gasteiger partial charge in [-0.3, -0.25) is 0 Å². The number of hydrogen-bond acceptors (Lipinski definition) is 3. The Morgan fingerprint density at radius 1 is 0.625 bits per heavy atom. The maximum atomic E-state index is 8.00. The zero-order valence-corrected chi connectivity index (χ0v) is 5.90. The van der Waals surface area contributed by atoms with Gasteiger partial charge in [-0.1, -0.05) is 0 Å². The summed E-state index contributed by atoms with van der Waals surface area (Å²) < 4.78 is 0. The third kappa shape index (κ3) is 512. The van der Waals surface area contributed by atoms with Crippen molar-refractivity contribution < 1.29 is 31.5 Å². The molecule has 0 rings (SSSR count). The summed E-state index contributed by atoms with van der Waals surface area (Å²) in [5, 5.41) is 0. The fourth-order valence-electron chi connectivity index (χ4n) is 0. The van der Waals surface area contributed by atoms with E-state index in [0.717, 1.165) is 0 Å². The van der Waals surface area contributed by atoms with E-state index in [2.05, 4.69) is 0 Å². The fraction of sp³-hybridized carbons (Fsp3) is 0. The Bertz CT molecular complexity index is 16.0. The number of rotatable bonds is 0. The van der Waals surface area contributed by atoms with E-state index in [1.807, 2.05) is 20.4 Å². The van der Waals surface area contributed by atoms with Crippen LogP contribution in [0.25, 0.3) is 0 Å². The first kappa shape index (κ1) is 50.2. The van der Waals surface area contributed by atoms with Crippen LogP contribution in [0.2, 0.25) is 0 Å². The molecule has 0 saturated heterocycles. The SMILES string of the molecule is C=O.C=O.C=O.[CH3-].[Mn]. The molecule has 0 spiro atoms. The molecule has 0 N–H and O–H groups in total. The molecule has 0 aliphatic carbocycles. The van der Waals surface area contributed by atoms with E-state index in [-0.39, 0.29) is 24.5 Å². The predicted molar refractivity (Wildman–Crippen MR) is 27.8 cm³/mol. The molecule has 0 saturated carbocycles. The van der Waals surface area contributed by atoms with Gasteiger partial charge in [0.05, 0.1) is 0 Å². The first-order chi connectivity index (χ1) is 3.00. The van der Waals surface area contributed by atoms with Crippen molar-refractivity contribution in [1.29, 1.82) is 0 Å². The van der Waals surface area contributed by atoms with Crippen molar-refractivity contribution in [3.63, 3.8) is 0 Å². The molecule has 4 heteroatoms. The fourth-order valence-corrected chi connectivity index (χ4v) is 0. The van der Waals surface area contributed by atoms with Crippen LogP contribution in [0.3, 0.4) is 0 Å². The summed E-state index contributed by atoms with van der Waals surface area (Å²) in [6.07, 6.45) is 0. The molecule has 3 nitrogen and oxygen atoms in total. The molecule has 1 radical (unpaired) electrons. The molecular formula is C4H9MnO3-. The Balaban J connectivity index is -0.00000000500. The van der Waals surface area contributed by atoms with E-state index in [1.165, 1.54) is 0 Å². The van der Waals surface area contributed by atoms with Gasteiger partial charge in [0.15, 0.2) is 0 Å². The van der Waals surface area contributed by atoms with Gasteiger partial charge in [0.25, 0.3) is 0 Å². The van der Waals surface area contributed by atoms with Crippen LogP contribution >= 0.6 is 0 Å². The Hall–Kier alpha value is -0.471. The molecule has 0 heterocycles. The summed E-state index contributed by atoms with van der Waals surface area (Å²) in [6.45, 7) is 6.00. The van der Waals surface area contributed by atoms with Crippen LogP contribution in [0.15, 0.2) is 0 Å². The van der Waals surface area contributed by atoms with Crippen molar-refractivity contribution in [2.45, 2.75) is 0 Å². The molecule has 0 aliphatic rings. The molecule has 0 fully saturated rings. The maximum absolute atomic E-state index is 8.00. The Morgan fingerprint density at radius 2 is 0.625 bits per heavy atom. The van der Waals surface area contributed by atoms with Gasteiger partial charge in [-0.15, -0.1) is 0 Å². The maximum Gasteiger partial charge on any atom is 0.106 e. The second-order valence-electron chi connectivity index (χ2n) is 0. The quantitative estimate of drug-likeness (QED) is 0.367. The average Bonchev–Trinajstić information content (AvgIpc) is 1.81. The van der Waals surface area contributed by atoms with Crippen molar-refractivity contribution in [3.05, 3.63) is 7.43 Å². The standard InChI is InChI=1S/3CH2O.CH3.Mn/c3*1-2;;/h3*1H2;1H3;/q;;;-1;. The van der Waals surface area contributed by atoms with E-state index >= 15 is 0 Å². The van der Waals surface area contributed by atoms with Crippen LogP contribution in [-0.4, -0.2) is 20.4 Å². The summed E-state index contributed by atoms with van der Waals surface area (Å²) in [5.41, 5.74) is 0. The molecule has 51 valence electrons. The van der Waals surface area contributed by atoms with Crippen LogP contribution in [0, 0.1) is 7.43 Å². The normalized spacial score (nSPS) is 1.50. The van der Waals surface area contributed by atoms with Gasteiger partial charge in [0, 0.05) is 17.1 Å². The van der Waals surface area contributed by atoms with Gasteiger partial charge in [-0.05, 0) is 0 Å². The predicted octanol–water partition coefficient (Wildman–Crippen LogP) is -0.107. The van der Waals surface area contributed by atoms with Crippen molar-refractivity contribution in [1.82, 2.24) is 0 Å². The minimum Gasteiger partial charge on any atom is -0.358 e. The molecule has 0 bridgehead atoms. The van der Waals surface area contributed by atoms with Crippen molar-refractivity contribution in [3.8, 4) is 0 Å². The van der Waals surface area contributed by atoms with Crippen molar-refractivity contribution in [2.24, 2.45) is 0 Å². The molecule has 0 amide bonds. The van der Waals surface area contributed by atoms with E-state index < -0.39 is 0 Å². The third-order valence-electron chi connectivity index (χ3n) is 0. The second-order valence-corrected chi connectivity index (χ2v) is 0. The van der Waals surface area contributed by atoms with E-state index in [0.29, 0.717) is 0 Å². The van der Waals surface area contributed by atoms with Crippen molar-refractivity contribution >= 4 is 20.4 Å². The Labute approximate surface area is 59.9 Å². The van der Waals surface area contributed by atoms with Crippen LogP contribution < -0.4 is 0 Å². The summed E-state index contributed by atoms with van der Waals surface area (Å²) >= 11 is 0. The second kappa shape index (κ2) is 902. The van der Waals surface area contributed by atoms with E-state index in [1.54, 1.807) is 0 Å². The molecule has 0 atom stereocenters. The minimum atomic E-state index is 0. The minimum absolute atomic E-state index is 0. The van der Waals surface area contributed by atoms with Gasteiger partial charge in [0.1, 0.15) is 20.4 Å². The molecule has 0 aromatic carbocycles. The summed E-state index contributed by atoms with van der Waals surface area (Å²) in [5.74, 6) is 0. The Kier molecular flexibility index (Phi) is 5660. The van der Waals surface area contributed by atoms with Gasteiger partial charge in [-0.2, -0.15) is 0 Å². The Morgan fingerprint density at radius 3 is 0.625 bits per heavy atom. The van der Waals surface area contributed by atoms with Crippen LogP contribution in [0.5, 0.6) is 0 Å². The summed E-state index contributed by atoms with van der Waals surface area (Å²) in [7, 11) is 0. The molecule has 0 aromatic rings. The van der Waals surface area contributed by atoms with E-state index in [4.69, 9.17) is 14.4 Å². The topological polar surface area (TPSA) is 51.2 Å². The van der Waals surface area contributed by atoms with Crippen molar-refractivity contribution in [2.75, 3.05) is 0 Å². The van der Waals surface area contributed by atoms with Gasteiger partial charge < -0.3 is 21.8 Å². The molecule has 8 heavy (non-hydrogen) atoms. The van der Waals surface area contributed by atoms with Crippen LogP contribution in [0.1, 0.15) is 0 Å². The molecule has 0 unspecified atom stereocenters. The largest absolute Gasteiger partial charge is 0.358 e. The summed E-state index contributed by atoms with van der Waals surface area (Å²) in [6, 6.07) is 0. The molecule has 0 aromatic heterocycles. The van der Waals surface area contributed by atoms with Gasteiger partial charge in [0.2, 0.25) is 0 Å². The number of carbonyl (C=O) groups is 3. The molecular weight excluding hydrogens is 151 g/mol. The smallest absolute Gasteiger partial charge is 0.106 e. The zero-order chi connectivity index (χ0) is 6.00. The number of carbonyl (C=O) groups excluding carboxylic acids is 3. The molecule has 0 aliphatic heterocycles. The third-order valence-corrected chi connectivity index (χ3v) is 0. The zero-order valence-electron chi connectivity index (χ0n) is 4.72. The summed E-state index contributed by atoms with van der Waals surface area (Å²) in [4.78, 5) is 24.0. The monoisotopic (exact) mass is 160 g/mol.